The summed E-state index contributed by atoms with van der Waals surface area (Å²) < 4.78 is 40.7. The fraction of sp³-hybridized carbons (Fsp3) is 0.400. The molecule has 2 saturated heterocycles. The predicted octanol–water partition coefficient (Wildman–Crippen LogP) is -2.75. The Hall–Kier alpha value is -1.33. The molecule has 4 rings (SSSR count). The first-order valence-electron chi connectivity index (χ1n) is 7.86. The topological polar surface area (TPSA) is 97.6 Å². The summed E-state index contributed by atoms with van der Waals surface area (Å²) in [6.07, 6.45) is 2.61. The van der Waals surface area contributed by atoms with Crippen molar-refractivity contribution in [2.45, 2.75) is 29.8 Å². The normalized spacial score (nSPS) is 22.9. The summed E-state index contributed by atoms with van der Waals surface area (Å²) in [4.78, 5) is 13.9. The van der Waals surface area contributed by atoms with Gasteiger partial charge in [0.2, 0.25) is 10.0 Å². The maximum Gasteiger partial charge on any atom is 1.00 e. The number of halogens is 1. The zero-order valence-electron chi connectivity index (χ0n) is 14.1. The number of hydrogen-bond acceptors (Lipinski definition) is 5. The average Bonchev–Trinajstić information content (AvgIpc) is 3.21. The van der Waals surface area contributed by atoms with E-state index in [4.69, 9.17) is 0 Å². The number of benzene rings is 1. The molecule has 132 valence electrons. The van der Waals surface area contributed by atoms with E-state index in [1.54, 1.807) is 4.90 Å². The Bertz CT molecular complexity index is 894. The first kappa shape index (κ1) is 19.4. The molecule has 2 aliphatic heterocycles. The summed E-state index contributed by atoms with van der Waals surface area (Å²) in [5, 5.41) is 10.6. The number of rotatable bonds is 3. The molecule has 11 heteroatoms. The molecule has 2 aromatic rings. The SMILES string of the molecule is O=C(c1cnn[n-]1)N1C[C@H]2CC[C@@H](C1)N2S(=O)(=O)c1cccc(F)c1.[Na+]. The van der Waals surface area contributed by atoms with Crippen LogP contribution in [0.4, 0.5) is 4.39 Å². The van der Waals surface area contributed by atoms with Crippen LogP contribution in [-0.2, 0) is 10.0 Å². The van der Waals surface area contributed by atoms with Crippen LogP contribution in [0.1, 0.15) is 23.3 Å². The van der Waals surface area contributed by atoms with E-state index in [9.17, 15) is 17.6 Å². The van der Waals surface area contributed by atoms with Gasteiger partial charge in [-0.1, -0.05) is 12.3 Å². The van der Waals surface area contributed by atoms with Crippen LogP contribution < -0.4 is 34.7 Å². The molecule has 1 aromatic carbocycles. The molecule has 8 nitrogen and oxygen atoms in total. The maximum atomic E-state index is 13.4. The molecule has 0 spiro atoms. The third kappa shape index (κ3) is 3.31. The van der Waals surface area contributed by atoms with Gasteiger partial charge in [0.25, 0.3) is 5.91 Å². The summed E-state index contributed by atoms with van der Waals surface area (Å²) in [5.74, 6) is -0.894. The van der Waals surface area contributed by atoms with Gasteiger partial charge in [-0.15, -0.1) is 0 Å². The fourth-order valence-electron chi connectivity index (χ4n) is 3.61. The van der Waals surface area contributed by atoms with Crippen LogP contribution in [0.15, 0.2) is 35.4 Å². The second kappa shape index (κ2) is 7.35. The minimum Gasteiger partial charge on any atom is -0.358 e. The van der Waals surface area contributed by atoms with E-state index in [1.165, 1.54) is 28.7 Å². The Morgan fingerprint density at radius 3 is 2.50 bits per heavy atom. The monoisotopic (exact) mass is 387 g/mol. The minimum absolute atomic E-state index is 0. The van der Waals surface area contributed by atoms with Crippen LogP contribution in [-0.4, -0.2) is 59.0 Å². The number of piperazine rings is 1. The molecule has 1 amide bonds. The van der Waals surface area contributed by atoms with Crippen molar-refractivity contribution in [1.29, 1.82) is 0 Å². The Balaban J connectivity index is 0.00000196. The molecular weight excluding hydrogens is 372 g/mol. The van der Waals surface area contributed by atoms with Gasteiger partial charge in [-0.25, -0.2) is 12.8 Å². The summed E-state index contributed by atoms with van der Waals surface area (Å²) >= 11 is 0. The van der Waals surface area contributed by atoms with Crippen LogP contribution in [0.5, 0.6) is 0 Å². The second-order valence-electron chi connectivity index (χ2n) is 6.21. The molecule has 26 heavy (non-hydrogen) atoms. The predicted molar refractivity (Wildman–Crippen MR) is 83.5 cm³/mol. The molecule has 0 radical (unpaired) electrons. The van der Waals surface area contributed by atoms with E-state index < -0.39 is 15.8 Å². The molecule has 1 aromatic heterocycles. The van der Waals surface area contributed by atoms with Gasteiger partial charge < -0.3 is 15.1 Å². The number of carbonyl (C=O) groups excluding carboxylic acids is 1. The molecule has 2 atom stereocenters. The van der Waals surface area contributed by atoms with Gasteiger partial charge in [0.05, 0.1) is 4.90 Å². The first-order chi connectivity index (χ1) is 12.0. The number of hydrogen-bond donors (Lipinski definition) is 0. The summed E-state index contributed by atoms with van der Waals surface area (Å²) in [5.41, 5.74) is 0.154. The van der Waals surface area contributed by atoms with Gasteiger partial charge >= 0.3 is 29.6 Å². The number of sulfonamides is 1. The first-order valence-corrected chi connectivity index (χ1v) is 9.30. The molecule has 3 heterocycles. The molecule has 0 saturated carbocycles. The van der Waals surface area contributed by atoms with Gasteiger partial charge in [-0.05, 0) is 31.0 Å². The number of nitrogens with zero attached hydrogens (tertiary/aromatic N) is 5. The van der Waals surface area contributed by atoms with Crippen LogP contribution in [0.2, 0.25) is 0 Å². The molecule has 2 fully saturated rings. The van der Waals surface area contributed by atoms with Crippen molar-refractivity contribution < 1.29 is 47.2 Å². The van der Waals surface area contributed by atoms with Crippen LogP contribution in [0.3, 0.4) is 0 Å². The number of fused-ring (bicyclic) bond motifs is 2. The van der Waals surface area contributed by atoms with Gasteiger partial charge in [0.1, 0.15) is 5.82 Å². The van der Waals surface area contributed by atoms with E-state index in [0.717, 1.165) is 6.07 Å². The van der Waals surface area contributed by atoms with Crippen LogP contribution in [0, 0.1) is 5.82 Å². The van der Waals surface area contributed by atoms with Crippen molar-refractivity contribution in [3.8, 4) is 0 Å². The number of amides is 1. The van der Waals surface area contributed by atoms with E-state index in [0.29, 0.717) is 12.8 Å². The standard InChI is InChI=1S/C15H16FN5O3S.Na/c16-10-2-1-3-13(6-10)25(23,24)21-11-4-5-12(21)9-20(8-11)15(22)14-7-17-19-18-14;/h1-3,6-7,11-12H,4-5,8-9H2,(H,17,18,19,22);/q;+1/p-1/t11-,12+;. The molecule has 2 aliphatic rings. The average molecular weight is 387 g/mol. The van der Waals surface area contributed by atoms with Gasteiger partial charge in [-0.3, -0.25) is 10.0 Å². The van der Waals surface area contributed by atoms with E-state index in [2.05, 4.69) is 15.4 Å². The Labute approximate surface area is 172 Å². The summed E-state index contributed by atoms with van der Waals surface area (Å²) in [6.45, 7) is 0.549. The van der Waals surface area contributed by atoms with Crippen LogP contribution in [0.25, 0.3) is 0 Å². The van der Waals surface area contributed by atoms with Gasteiger partial charge in [-0.2, -0.15) is 4.31 Å². The quantitative estimate of drug-likeness (QED) is 0.530. The zero-order valence-corrected chi connectivity index (χ0v) is 16.9. The number of aromatic nitrogens is 3. The van der Waals surface area contributed by atoms with E-state index >= 15 is 0 Å². The second-order valence-corrected chi connectivity index (χ2v) is 8.05. The van der Waals surface area contributed by atoms with Crippen LogP contribution >= 0.6 is 0 Å². The van der Waals surface area contributed by atoms with E-state index in [-0.39, 0.29) is 71.2 Å². The molecule has 2 bridgehead atoms. The van der Waals surface area contributed by atoms with Crippen molar-refractivity contribution in [3.05, 3.63) is 42.0 Å². The van der Waals surface area contributed by atoms with Crippen molar-refractivity contribution in [2.75, 3.05) is 13.1 Å². The van der Waals surface area contributed by atoms with Crippen molar-refractivity contribution in [1.82, 2.24) is 24.6 Å². The Morgan fingerprint density at radius 2 is 1.92 bits per heavy atom. The molecule has 0 aliphatic carbocycles. The minimum atomic E-state index is -3.81. The third-order valence-electron chi connectivity index (χ3n) is 4.68. The Morgan fingerprint density at radius 1 is 1.23 bits per heavy atom. The van der Waals surface area contributed by atoms with Gasteiger partial charge in [0.15, 0.2) is 0 Å². The summed E-state index contributed by atoms with van der Waals surface area (Å²) in [6, 6.07) is 4.35. The van der Waals surface area contributed by atoms with Crippen molar-refractivity contribution in [3.63, 3.8) is 0 Å². The smallest absolute Gasteiger partial charge is 0.358 e. The number of likely N-dealkylation sites (tertiary alicyclic amines) is 1. The third-order valence-corrected chi connectivity index (χ3v) is 6.68. The van der Waals surface area contributed by atoms with Crippen molar-refractivity contribution in [2.24, 2.45) is 0 Å². The number of carbonyl (C=O) groups is 1. The largest absolute Gasteiger partial charge is 1.00 e. The molecule has 0 unspecified atom stereocenters. The fourth-order valence-corrected chi connectivity index (χ4v) is 5.50. The van der Waals surface area contributed by atoms with Crippen molar-refractivity contribution >= 4 is 15.9 Å². The van der Waals surface area contributed by atoms with Gasteiger partial charge in [0, 0.05) is 30.9 Å². The summed E-state index contributed by atoms with van der Waals surface area (Å²) in [7, 11) is -3.81. The zero-order chi connectivity index (χ0) is 17.6. The van der Waals surface area contributed by atoms with E-state index in [1.807, 2.05) is 0 Å². The molecule has 0 N–H and O–H groups in total. The molecular formula is C15H15FN5NaO3S. The maximum absolute atomic E-state index is 13.4. The Kier molecular flexibility index (Phi) is 5.50.